The van der Waals surface area contributed by atoms with Crippen LogP contribution in [-0.4, -0.2) is 4.98 Å². The molecule has 0 atom stereocenters. The Balaban J connectivity index is 2.04. The number of hydrogen-bond acceptors (Lipinski definition) is 3. The fraction of sp³-hybridized carbons (Fsp3) is 0.182. The molecule has 0 bridgehead atoms. The highest BCUT2D eigenvalue weighted by Crippen LogP contribution is 2.17. The van der Waals surface area contributed by atoms with E-state index in [1.165, 1.54) is 4.88 Å². The number of nitrogens with one attached hydrogen (secondary N) is 1. The zero-order chi connectivity index (χ0) is 11.5. The average Bonchev–Trinajstić information content (AvgIpc) is 2.63. The second kappa shape index (κ2) is 4.57. The van der Waals surface area contributed by atoms with Gasteiger partial charge in [0.15, 0.2) is 11.6 Å². The minimum absolute atomic E-state index is 0.0763. The van der Waals surface area contributed by atoms with Crippen LogP contribution in [-0.2, 0) is 6.54 Å². The van der Waals surface area contributed by atoms with E-state index in [1.54, 1.807) is 11.3 Å². The fourth-order valence-corrected chi connectivity index (χ4v) is 2.13. The number of aryl methyl sites for hydroxylation is 1. The molecular weight excluding hydrogens is 230 g/mol. The van der Waals surface area contributed by atoms with Crippen LogP contribution in [0, 0.1) is 18.6 Å². The molecule has 0 radical (unpaired) electrons. The summed E-state index contributed by atoms with van der Waals surface area (Å²) in [7, 11) is 0. The lowest BCUT2D eigenvalue weighted by Gasteiger charge is -2.04. The summed E-state index contributed by atoms with van der Waals surface area (Å²) >= 11 is 1.63. The lowest BCUT2D eigenvalue weighted by Crippen LogP contribution is -2.02. The molecule has 2 heterocycles. The number of thiophene rings is 1. The smallest absolute Gasteiger partial charge is 0.168 e. The second-order valence-electron chi connectivity index (χ2n) is 3.35. The van der Waals surface area contributed by atoms with Crippen molar-refractivity contribution < 1.29 is 8.78 Å². The molecule has 0 unspecified atom stereocenters. The summed E-state index contributed by atoms with van der Waals surface area (Å²) in [5.74, 6) is -1.27. The predicted octanol–water partition coefficient (Wildman–Crippen LogP) is 3.34. The van der Waals surface area contributed by atoms with Crippen molar-refractivity contribution in [2.75, 3.05) is 5.32 Å². The van der Waals surface area contributed by atoms with Crippen LogP contribution in [0.3, 0.4) is 0 Å². The molecule has 1 N–H and O–H groups in total. The molecule has 5 heteroatoms. The van der Waals surface area contributed by atoms with Crippen molar-refractivity contribution in [3.8, 4) is 0 Å². The van der Waals surface area contributed by atoms with E-state index in [2.05, 4.69) is 10.3 Å². The van der Waals surface area contributed by atoms with Crippen molar-refractivity contribution in [1.29, 1.82) is 0 Å². The Morgan fingerprint density at radius 2 is 2.19 bits per heavy atom. The van der Waals surface area contributed by atoms with Gasteiger partial charge in [-0.1, -0.05) is 0 Å². The van der Waals surface area contributed by atoms with E-state index in [0.29, 0.717) is 6.54 Å². The number of nitrogens with zero attached hydrogens (tertiary/aromatic N) is 1. The predicted molar refractivity (Wildman–Crippen MR) is 60.5 cm³/mol. The first-order valence-corrected chi connectivity index (χ1v) is 5.57. The van der Waals surface area contributed by atoms with E-state index in [1.807, 2.05) is 19.1 Å². The Kier molecular flexibility index (Phi) is 3.14. The van der Waals surface area contributed by atoms with Gasteiger partial charge in [-0.15, -0.1) is 11.3 Å². The molecule has 16 heavy (non-hydrogen) atoms. The highest BCUT2D eigenvalue weighted by Gasteiger charge is 2.05. The van der Waals surface area contributed by atoms with Gasteiger partial charge < -0.3 is 5.32 Å². The summed E-state index contributed by atoms with van der Waals surface area (Å²) in [6.45, 7) is 2.50. The highest BCUT2D eigenvalue weighted by atomic mass is 32.1. The van der Waals surface area contributed by atoms with Crippen LogP contribution in [0.4, 0.5) is 14.6 Å². The zero-order valence-corrected chi connectivity index (χ0v) is 9.44. The summed E-state index contributed by atoms with van der Waals surface area (Å²) in [5, 5.41) is 2.83. The molecule has 2 aromatic heterocycles. The van der Waals surface area contributed by atoms with Gasteiger partial charge in [-0.2, -0.15) is 0 Å². The van der Waals surface area contributed by atoms with Gasteiger partial charge in [0.1, 0.15) is 5.82 Å². The van der Waals surface area contributed by atoms with E-state index in [4.69, 9.17) is 0 Å². The maximum atomic E-state index is 13.2. The normalized spacial score (nSPS) is 10.4. The molecule has 84 valence electrons. The van der Waals surface area contributed by atoms with Crippen LogP contribution in [0.5, 0.6) is 0 Å². The summed E-state index contributed by atoms with van der Waals surface area (Å²) in [5.41, 5.74) is 0. The van der Waals surface area contributed by atoms with Gasteiger partial charge in [-0.05, 0) is 19.1 Å². The van der Waals surface area contributed by atoms with Crippen LogP contribution in [0.2, 0.25) is 0 Å². The Morgan fingerprint density at radius 3 is 2.81 bits per heavy atom. The van der Waals surface area contributed by atoms with Gasteiger partial charge in [0.2, 0.25) is 0 Å². The van der Waals surface area contributed by atoms with Crippen LogP contribution < -0.4 is 5.32 Å². The van der Waals surface area contributed by atoms with Crippen LogP contribution in [0.1, 0.15) is 9.75 Å². The quantitative estimate of drug-likeness (QED) is 0.890. The molecule has 2 aromatic rings. The minimum atomic E-state index is -0.673. The van der Waals surface area contributed by atoms with Gasteiger partial charge >= 0.3 is 0 Å². The lowest BCUT2D eigenvalue weighted by molar-refractivity contribution is 0.575. The molecule has 0 spiro atoms. The third-order valence-corrected chi connectivity index (χ3v) is 3.03. The maximum Gasteiger partial charge on any atom is 0.168 e. The molecular formula is C11H10F2N2S. The minimum Gasteiger partial charge on any atom is -0.363 e. The monoisotopic (exact) mass is 240 g/mol. The first-order chi connectivity index (χ1) is 7.65. The Morgan fingerprint density at radius 1 is 1.38 bits per heavy atom. The van der Waals surface area contributed by atoms with E-state index in [0.717, 1.165) is 17.1 Å². The number of aromatic nitrogens is 1. The average molecular weight is 240 g/mol. The molecule has 0 aromatic carbocycles. The SMILES string of the molecule is Cc1ccc(CNc2ncc(F)cc2F)s1. The summed E-state index contributed by atoms with van der Waals surface area (Å²) in [6.07, 6.45) is 0.991. The summed E-state index contributed by atoms with van der Waals surface area (Å²) < 4.78 is 25.8. The van der Waals surface area contributed by atoms with Crippen LogP contribution >= 0.6 is 11.3 Å². The molecule has 0 aliphatic rings. The Labute approximate surface area is 96.0 Å². The molecule has 0 saturated carbocycles. The van der Waals surface area contributed by atoms with E-state index >= 15 is 0 Å². The topological polar surface area (TPSA) is 24.9 Å². The molecule has 0 fully saturated rings. The lowest BCUT2D eigenvalue weighted by atomic mass is 10.4. The van der Waals surface area contributed by atoms with Crippen LogP contribution in [0.15, 0.2) is 24.4 Å². The molecule has 0 aliphatic heterocycles. The van der Waals surface area contributed by atoms with Crippen molar-refractivity contribution in [3.05, 3.63) is 45.8 Å². The molecule has 2 rings (SSSR count). The van der Waals surface area contributed by atoms with Gasteiger partial charge in [0, 0.05) is 15.8 Å². The zero-order valence-electron chi connectivity index (χ0n) is 8.63. The van der Waals surface area contributed by atoms with Gasteiger partial charge in [-0.3, -0.25) is 0 Å². The highest BCUT2D eigenvalue weighted by molar-refractivity contribution is 7.11. The third kappa shape index (κ3) is 2.55. The number of hydrogen-bond donors (Lipinski definition) is 1. The second-order valence-corrected chi connectivity index (χ2v) is 4.72. The van der Waals surface area contributed by atoms with Crippen molar-refractivity contribution >= 4 is 17.2 Å². The summed E-state index contributed by atoms with van der Waals surface area (Å²) in [4.78, 5) is 5.93. The Bertz CT molecular complexity index is 496. The van der Waals surface area contributed by atoms with Crippen molar-refractivity contribution in [1.82, 2.24) is 4.98 Å². The first-order valence-electron chi connectivity index (χ1n) is 4.75. The van der Waals surface area contributed by atoms with Crippen LogP contribution in [0.25, 0.3) is 0 Å². The third-order valence-electron chi connectivity index (χ3n) is 2.03. The van der Waals surface area contributed by atoms with Gasteiger partial charge in [-0.25, -0.2) is 13.8 Å². The Hall–Kier alpha value is -1.49. The van der Waals surface area contributed by atoms with Crippen molar-refractivity contribution in [2.45, 2.75) is 13.5 Å². The van der Waals surface area contributed by atoms with Crippen molar-refractivity contribution in [2.24, 2.45) is 0 Å². The fourth-order valence-electron chi connectivity index (χ4n) is 1.30. The van der Waals surface area contributed by atoms with E-state index < -0.39 is 11.6 Å². The number of anilines is 1. The van der Waals surface area contributed by atoms with E-state index in [9.17, 15) is 8.78 Å². The molecule has 2 nitrogen and oxygen atoms in total. The van der Waals surface area contributed by atoms with Crippen molar-refractivity contribution in [3.63, 3.8) is 0 Å². The number of halogens is 2. The standard InChI is InChI=1S/C11H10F2N2S/c1-7-2-3-9(16-7)6-15-11-10(13)4-8(12)5-14-11/h2-5H,6H2,1H3,(H,14,15). The van der Waals surface area contributed by atoms with Gasteiger partial charge in [0.05, 0.1) is 12.7 Å². The molecule has 0 aliphatic carbocycles. The number of rotatable bonds is 3. The largest absolute Gasteiger partial charge is 0.363 e. The summed E-state index contributed by atoms with van der Waals surface area (Å²) in [6, 6.07) is 4.78. The maximum absolute atomic E-state index is 13.2. The van der Waals surface area contributed by atoms with E-state index in [-0.39, 0.29) is 5.82 Å². The van der Waals surface area contributed by atoms with Gasteiger partial charge in [0.25, 0.3) is 0 Å². The first kappa shape index (κ1) is 11.0. The molecule has 0 saturated heterocycles. The molecule has 0 amide bonds. The number of pyridine rings is 1.